The molecule has 0 aliphatic rings. The Balaban J connectivity index is -0.000000354. The van der Waals surface area contributed by atoms with E-state index in [9.17, 15) is 29.7 Å². The molecule has 0 fully saturated rings. The molecule has 0 N–H and O–H groups in total. The summed E-state index contributed by atoms with van der Waals surface area (Å²) in [6.07, 6.45) is 39.8. The van der Waals surface area contributed by atoms with Gasteiger partial charge in [0, 0.05) is 15.7 Å². The number of carboxylic acid groups (broad SMARTS) is 3. The van der Waals surface area contributed by atoms with Crippen molar-refractivity contribution < 1.29 is 29.7 Å². The van der Waals surface area contributed by atoms with Crippen LogP contribution in [0.15, 0.2) is 0 Å². The van der Waals surface area contributed by atoms with E-state index in [0.717, 1.165) is 36.5 Å². The van der Waals surface area contributed by atoms with Crippen molar-refractivity contribution in [2.24, 2.45) is 0 Å². The minimum absolute atomic E-state index is 0.358. The summed E-state index contributed by atoms with van der Waals surface area (Å²) >= 11 is 6.05. The molecule has 0 aliphatic heterocycles. The maximum absolute atomic E-state index is 10.5. The molecule has 10 heteroatoms. The summed E-state index contributed by atoms with van der Waals surface area (Å²) in [5.74, 6) is 0.0365. The molecular weight excluding hydrogens is 863 g/mol. The molecule has 0 bridgehead atoms. The van der Waals surface area contributed by atoms with Crippen molar-refractivity contribution in [3.63, 3.8) is 0 Å². The molecular formula is C46H90O6S3Sn. The second kappa shape index (κ2) is 55.3. The van der Waals surface area contributed by atoms with Gasteiger partial charge in [-0.15, -0.1) is 0 Å². The van der Waals surface area contributed by atoms with Gasteiger partial charge in [0.25, 0.3) is 0 Å². The van der Waals surface area contributed by atoms with Gasteiger partial charge in [0.1, 0.15) is 0 Å². The van der Waals surface area contributed by atoms with E-state index in [1.807, 2.05) is 0 Å². The molecule has 0 aromatic rings. The summed E-state index contributed by atoms with van der Waals surface area (Å²) in [5.41, 5.74) is 0. The van der Waals surface area contributed by atoms with Gasteiger partial charge < -0.3 is 29.7 Å². The van der Waals surface area contributed by atoms with Crippen LogP contribution in [0.3, 0.4) is 0 Å². The van der Waals surface area contributed by atoms with Crippen molar-refractivity contribution in [3.8, 4) is 0 Å². The van der Waals surface area contributed by atoms with Gasteiger partial charge in [0.05, 0.1) is 17.9 Å². The Hall–Kier alpha value is 0.259. The van der Waals surface area contributed by atoms with Gasteiger partial charge in [-0.2, -0.15) is 35.3 Å². The molecule has 3 unspecified atom stereocenters. The molecule has 3 atom stereocenters. The van der Waals surface area contributed by atoms with Gasteiger partial charge in [-0.3, -0.25) is 0 Å². The number of hydrogen-bond donors (Lipinski definition) is 0. The Morgan fingerprint density at radius 2 is 0.482 bits per heavy atom. The monoisotopic (exact) mass is 954 g/mol. The van der Waals surface area contributed by atoms with Gasteiger partial charge in [-0.25, -0.2) is 0 Å². The number of unbranched alkanes of at least 4 members (excludes halogenated alkanes) is 27. The van der Waals surface area contributed by atoms with E-state index in [4.69, 9.17) is 0 Å². The third-order valence-corrected chi connectivity index (χ3v) is 13.2. The van der Waals surface area contributed by atoms with Gasteiger partial charge in [-0.1, -0.05) is 194 Å². The zero-order valence-electron chi connectivity index (χ0n) is 37.7. The molecule has 0 radical (unpaired) electrons. The minimum atomic E-state index is -0.938. The topological polar surface area (TPSA) is 120 Å². The van der Waals surface area contributed by atoms with Crippen LogP contribution in [0.1, 0.15) is 234 Å². The number of carbonyl (C=O) groups is 3. The fraction of sp³-hybridized carbons (Fsp3) is 0.935. The first-order valence-corrected chi connectivity index (χ1v) is 29.0. The van der Waals surface area contributed by atoms with Crippen molar-refractivity contribution in [1.82, 2.24) is 0 Å². The van der Waals surface area contributed by atoms with Crippen LogP contribution in [0.25, 0.3) is 0 Å². The van der Waals surface area contributed by atoms with E-state index in [2.05, 4.69) is 25.7 Å². The number of hydrogen-bond acceptors (Lipinski definition) is 9. The standard InChI is InChI=1S/3C15H30O2S.CH3.Sn/c3*1-3-4-5-6-7-8-9-10-11-12-13-18-14(2)15(16)17;;/h3*14H,3-13H2,1-2H3,(H,16,17);1H3;/q;;;;+3/p-3. The summed E-state index contributed by atoms with van der Waals surface area (Å²) in [7, 11) is 0. The first kappa shape index (κ1) is 62.9. The van der Waals surface area contributed by atoms with Crippen LogP contribution in [-0.2, 0) is 14.4 Å². The summed E-state index contributed by atoms with van der Waals surface area (Å²) in [5, 5.41) is 30.4. The Kier molecular flexibility index (Phi) is 62.1. The van der Waals surface area contributed by atoms with Crippen LogP contribution in [0.2, 0.25) is 4.94 Å². The van der Waals surface area contributed by atoms with E-state index < -0.39 is 17.9 Å². The van der Waals surface area contributed by atoms with Crippen LogP contribution in [0.4, 0.5) is 0 Å². The second-order valence-electron chi connectivity index (χ2n) is 15.0. The van der Waals surface area contributed by atoms with Crippen molar-refractivity contribution in [2.45, 2.75) is 255 Å². The Bertz CT molecular complexity index is 692. The molecule has 332 valence electrons. The molecule has 0 rings (SSSR count). The summed E-state index contributed by atoms with van der Waals surface area (Å²) < 4.78 is 0. The fourth-order valence-electron chi connectivity index (χ4n) is 5.75. The zero-order valence-corrected chi connectivity index (χ0v) is 43.0. The van der Waals surface area contributed by atoms with E-state index in [1.54, 1.807) is 43.3 Å². The molecule has 0 aromatic heterocycles. The summed E-state index contributed by atoms with van der Waals surface area (Å²) in [4.78, 5) is 33.5. The fourth-order valence-corrected chi connectivity index (χ4v) is 8.33. The first-order valence-electron chi connectivity index (χ1n) is 23.0. The molecule has 0 aromatic carbocycles. The average molecular weight is 954 g/mol. The van der Waals surface area contributed by atoms with Crippen LogP contribution in [0.5, 0.6) is 0 Å². The van der Waals surface area contributed by atoms with Gasteiger partial charge in [0.15, 0.2) is 0 Å². The van der Waals surface area contributed by atoms with Crippen molar-refractivity contribution in [2.75, 3.05) is 17.3 Å². The van der Waals surface area contributed by atoms with Crippen LogP contribution >= 0.6 is 35.3 Å². The number of carbonyl (C=O) groups excluding carboxylic acids is 3. The maximum atomic E-state index is 10.5. The molecule has 0 aliphatic carbocycles. The molecule has 0 saturated carbocycles. The summed E-state index contributed by atoms with van der Waals surface area (Å²) in [6, 6.07) is 0. The molecule has 0 amide bonds. The number of rotatable bonds is 39. The first-order chi connectivity index (χ1) is 27.0. The SMILES string of the molecule is CCCCCCCCCCCCSC(C)C(=O)[O-].CCCCCCCCCCCCSC(C)C(=O)[O-].CCCCCCCCCCCCSC(C)C(=O)[O-].[CH3][Sn+3]. The van der Waals surface area contributed by atoms with E-state index in [0.29, 0.717) is 0 Å². The molecule has 6 nitrogen and oxygen atoms in total. The third-order valence-electron chi connectivity index (χ3n) is 9.59. The van der Waals surface area contributed by atoms with Crippen LogP contribution in [0, 0.1) is 0 Å². The average Bonchev–Trinajstić information content (AvgIpc) is 3.19. The quantitative estimate of drug-likeness (QED) is 0.0438. The zero-order chi connectivity index (χ0) is 42.9. The number of thioether (sulfide) groups is 3. The van der Waals surface area contributed by atoms with Gasteiger partial charge in [0.2, 0.25) is 0 Å². The second-order valence-corrected chi connectivity index (χ2v) is 19.4. The Morgan fingerprint density at radius 1 is 0.339 bits per heavy atom. The number of carboxylic acids is 3. The third kappa shape index (κ3) is 58.6. The Morgan fingerprint density at radius 3 is 0.625 bits per heavy atom. The van der Waals surface area contributed by atoms with Crippen LogP contribution < -0.4 is 15.3 Å². The molecule has 0 spiro atoms. The Labute approximate surface area is 375 Å². The van der Waals surface area contributed by atoms with E-state index in [1.165, 1.54) is 209 Å². The van der Waals surface area contributed by atoms with Gasteiger partial charge in [-0.05, 0) is 57.3 Å². The van der Waals surface area contributed by atoms with Crippen LogP contribution in [-0.4, -0.2) is 73.4 Å². The number of aliphatic carboxylic acids is 3. The van der Waals surface area contributed by atoms with Crippen molar-refractivity contribution >= 4 is 75.7 Å². The summed E-state index contributed by atoms with van der Waals surface area (Å²) in [6.45, 7) is 11.9. The predicted octanol–water partition coefficient (Wildman–Crippen LogP) is 11.5. The predicted molar refractivity (Wildman–Crippen MR) is 248 cm³/mol. The van der Waals surface area contributed by atoms with Crippen molar-refractivity contribution in [1.29, 1.82) is 0 Å². The van der Waals surface area contributed by atoms with E-state index in [-0.39, 0.29) is 15.7 Å². The normalized spacial score (nSPS) is 12.2. The molecule has 0 saturated heterocycles. The van der Waals surface area contributed by atoms with Crippen molar-refractivity contribution in [3.05, 3.63) is 0 Å². The van der Waals surface area contributed by atoms with Gasteiger partial charge >= 0.3 is 27.5 Å². The van der Waals surface area contributed by atoms with E-state index >= 15 is 0 Å². The molecule has 0 heterocycles. The molecule has 56 heavy (non-hydrogen) atoms.